The minimum atomic E-state index is -4.71. The van der Waals surface area contributed by atoms with Crippen molar-refractivity contribution in [2.75, 3.05) is 4.72 Å². The van der Waals surface area contributed by atoms with Crippen molar-refractivity contribution < 1.29 is 21.6 Å². The molecule has 0 aromatic heterocycles. The molecule has 0 amide bonds. The molecule has 1 N–H and O–H groups in total. The summed E-state index contributed by atoms with van der Waals surface area (Å²) in [7, 11) is -4.71. The second kappa shape index (κ2) is 4.40. The maximum absolute atomic E-state index is 12.7. The molecule has 0 atom stereocenters. The average molecular weight is 304 g/mol. The molecule has 15 heavy (non-hydrogen) atoms. The molecule has 0 radical (unpaired) electrons. The summed E-state index contributed by atoms with van der Waals surface area (Å²) in [5, 5.41) is 0. The third kappa shape index (κ3) is 3.10. The highest BCUT2D eigenvalue weighted by atomic mass is 79.9. The first kappa shape index (κ1) is 12.3. The number of hydrogen-bond donors (Lipinski definition) is 1. The standard InChI is InChI=1S/C7H5BrF3NO2S/c8-5-3-4(1-2-6(5)9)12-15(13,14)7(10)11/h1-3,7,12H. The van der Waals surface area contributed by atoms with Gasteiger partial charge in [-0.25, -0.2) is 12.8 Å². The van der Waals surface area contributed by atoms with Gasteiger partial charge in [-0.2, -0.15) is 8.78 Å². The minimum absolute atomic E-state index is 0.0167. The van der Waals surface area contributed by atoms with Crippen LogP contribution in [0.5, 0.6) is 0 Å². The van der Waals surface area contributed by atoms with Gasteiger partial charge in [-0.05, 0) is 34.1 Å². The molecule has 1 aromatic carbocycles. The zero-order chi connectivity index (χ0) is 11.6. The Morgan fingerprint density at radius 1 is 1.33 bits per heavy atom. The van der Waals surface area contributed by atoms with Crippen molar-refractivity contribution in [1.82, 2.24) is 0 Å². The van der Waals surface area contributed by atoms with E-state index in [-0.39, 0.29) is 10.2 Å². The highest BCUT2D eigenvalue weighted by molar-refractivity contribution is 9.10. The van der Waals surface area contributed by atoms with Gasteiger partial charge in [-0.3, -0.25) is 4.72 Å². The summed E-state index contributed by atoms with van der Waals surface area (Å²) in [6.45, 7) is 0. The Morgan fingerprint density at radius 2 is 1.93 bits per heavy atom. The monoisotopic (exact) mass is 303 g/mol. The van der Waals surface area contributed by atoms with E-state index in [1.807, 2.05) is 0 Å². The fraction of sp³-hybridized carbons (Fsp3) is 0.143. The number of nitrogens with one attached hydrogen (secondary N) is 1. The second-order valence-corrected chi connectivity index (χ2v) is 5.04. The van der Waals surface area contributed by atoms with Crippen LogP contribution in [0.2, 0.25) is 0 Å². The molecule has 0 unspecified atom stereocenters. The van der Waals surface area contributed by atoms with Crippen molar-refractivity contribution in [3.63, 3.8) is 0 Å². The van der Waals surface area contributed by atoms with E-state index in [9.17, 15) is 21.6 Å². The van der Waals surface area contributed by atoms with Crippen molar-refractivity contribution in [2.24, 2.45) is 0 Å². The molecule has 0 aliphatic heterocycles. The molecule has 84 valence electrons. The molecule has 0 saturated heterocycles. The Hall–Kier alpha value is -0.760. The van der Waals surface area contributed by atoms with Gasteiger partial charge < -0.3 is 0 Å². The fourth-order valence-electron chi connectivity index (χ4n) is 0.768. The lowest BCUT2D eigenvalue weighted by atomic mass is 10.3. The van der Waals surface area contributed by atoms with Gasteiger partial charge in [0, 0.05) is 5.69 Å². The summed E-state index contributed by atoms with van der Waals surface area (Å²) in [6.07, 6.45) is 0. The quantitative estimate of drug-likeness (QED) is 0.933. The first-order valence-electron chi connectivity index (χ1n) is 3.58. The van der Waals surface area contributed by atoms with E-state index in [0.29, 0.717) is 0 Å². The third-order valence-electron chi connectivity index (χ3n) is 1.41. The number of hydrogen-bond acceptors (Lipinski definition) is 2. The van der Waals surface area contributed by atoms with E-state index in [4.69, 9.17) is 0 Å². The van der Waals surface area contributed by atoms with Crippen molar-refractivity contribution in [1.29, 1.82) is 0 Å². The summed E-state index contributed by atoms with van der Waals surface area (Å²) in [5.41, 5.74) is -0.136. The van der Waals surface area contributed by atoms with Crippen LogP contribution in [0.25, 0.3) is 0 Å². The Kier molecular flexibility index (Phi) is 3.61. The molecule has 0 saturated carbocycles. The van der Waals surface area contributed by atoms with E-state index >= 15 is 0 Å². The summed E-state index contributed by atoms with van der Waals surface area (Å²) in [5.74, 6) is -4.14. The highest BCUT2D eigenvalue weighted by Gasteiger charge is 2.23. The number of sulfonamides is 1. The maximum Gasteiger partial charge on any atom is 0.355 e. The van der Waals surface area contributed by atoms with Gasteiger partial charge in [-0.15, -0.1) is 0 Å². The van der Waals surface area contributed by atoms with E-state index in [2.05, 4.69) is 15.9 Å². The predicted molar refractivity (Wildman–Crippen MR) is 52.6 cm³/mol. The molecule has 8 heteroatoms. The highest BCUT2D eigenvalue weighted by Crippen LogP contribution is 2.21. The number of benzene rings is 1. The second-order valence-electron chi connectivity index (χ2n) is 2.54. The van der Waals surface area contributed by atoms with Gasteiger partial charge in [0.1, 0.15) is 5.82 Å². The van der Waals surface area contributed by atoms with Crippen LogP contribution in [-0.4, -0.2) is 14.2 Å². The maximum atomic E-state index is 12.7. The summed E-state index contributed by atoms with van der Waals surface area (Å²) in [6, 6.07) is 3.04. The molecule has 1 rings (SSSR count). The molecule has 0 bridgehead atoms. The Labute approximate surface area is 92.5 Å². The molecule has 0 fully saturated rings. The molecule has 0 aliphatic rings. The summed E-state index contributed by atoms with van der Waals surface area (Å²) < 4.78 is 59.6. The molecular formula is C7H5BrF3NO2S. The lowest BCUT2D eigenvalue weighted by Crippen LogP contribution is -2.20. The lowest BCUT2D eigenvalue weighted by molar-refractivity contribution is 0.236. The Balaban J connectivity index is 2.96. The number of halogens is 4. The van der Waals surface area contributed by atoms with Crippen LogP contribution < -0.4 is 4.72 Å². The van der Waals surface area contributed by atoms with E-state index in [1.54, 1.807) is 4.72 Å². The van der Waals surface area contributed by atoms with E-state index in [0.717, 1.165) is 18.2 Å². The third-order valence-corrected chi connectivity index (χ3v) is 3.01. The first-order valence-corrected chi connectivity index (χ1v) is 5.91. The van der Waals surface area contributed by atoms with Crippen LogP contribution in [0.4, 0.5) is 18.9 Å². The smallest absolute Gasteiger partial charge is 0.279 e. The van der Waals surface area contributed by atoms with Crippen molar-refractivity contribution in [3.05, 3.63) is 28.5 Å². The van der Waals surface area contributed by atoms with Crippen molar-refractivity contribution in [3.8, 4) is 0 Å². The van der Waals surface area contributed by atoms with E-state index in [1.165, 1.54) is 0 Å². The zero-order valence-corrected chi connectivity index (χ0v) is 9.45. The zero-order valence-electron chi connectivity index (χ0n) is 7.05. The number of alkyl halides is 2. The van der Waals surface area contributed by atoms with Gasteiger partial charge >= 0.3 is 5.76 Å². The van der Waals surface area contributed by atoms with Gasteiger partial charge in [-0.1, -0.05) is 0 Å². The predicted octanol–water partition coefficient (Wildman–Crippen LogP) is 2.55. The van der Waals surface area contributed by atoms with Gasteiger partial charge in [0.2, 0.25) is 0 Å². The SMILES string of the molecule is O=S(=O)(Nc1ccc(F)c(Br)c1)C(F)F. The first-order chi connectivity index (χ1) is 6.83. The molecular weight excluding hydrogens is 299 g/mol. The minimum Gasteiger partial charge on any atom is -0.279 e. The van der Waals surface area contributed by atoms with E-state index < -0.39 is 21.6 Å². The Morgan fingerprint density at radius 3 is 2.40 bits per heavy atom. The van der Waals surface area contributed by atoms with Crippen molar-refractivity contribution >= 4 is 31.6 Å². The largest absolute Gasteiger partial charge is 0.355 e. The Bertz CT molecular complexity index is 463. The summed E-state index contributed by atoms with van der Waals surface area (Å²) in [4.78, 5) is 0. The normalized spacial score (nSPS) is 11.8. The molecule has 0 heterocycles. The lowest BCUT2D eigenvalue weighted by Gasteiger charge is -2.07. The van der Waals surface area contributed by atoms with Crippen LogP contribution in [0, 0.1) is 5.82 Å². The average Bonchev–Trinajstić information content (AvgIpc) is 2.10. The summed E-state index contributed by atoms with van der Waals surface area (Å²) >= 11 is 2.79. The van der Waals surface area contributed by atoms with Crippen LogP contribution in [0.3, 0.4) is 0 Å². The fourth-order valence-corrected chi connectivity index (χ4v) is 1.69. The molecule has 1 aromatic rings. The van der Waals surface area contributed by atoms with Crippen molar-refractivity contribution in [2.45, 2.75) is 5.76 Å². The van der Waals surface area contributed by atoms with Crippen LogP contribution in [0.1, 0.15) is 0 Å². The molecule has 0 spiro atoms. The van der Waals surface area contributed by atoms with Gasteiger partial charge in [0.05, 0.1) is 4.47 Å². The number of anilines is 1. The van der Waals surface area contributed by atoms with Gasteiger partial charge in [0.25, 0.3) is 10.0 Å². The van der Waals surface area contributed by atoms with Crippen LogP contribution >= 0.6 is 15.9 Å². The molecule has 0 aliphatic carbocycles. The van der Waals surface area contributed by atoms with Crippen LogP contribution in [0.15, 0.2) is 22.7 Å². The van der Waals surface area contributed by atoms with Crippen LogP contribution in [-0.2, 0) is 10.0 Å². The molecule has 3 nitrogen and oxygen atoms in total. The number of rotatable bonds is 3. The topological polar surface area (TPSA) is 46.2 Å². The van der Waals surface area contributed by atoms with Gasteiger partial charge in [0.15, 0.2) is 0 Å².